The molecule has 0 aliphatic heterocycles. The number of carbonyl (C=O) groups excluding carboxylic acids is 1. The van der Waals surface area contributed by atoms with Crippen LogP contribution in [0.1, 0.15) is 23.8 Å². The van der Waals surface area contributed by atoms with Crippen molar-refractivity contribution in [2.45, 2.75) is 26.1 Å². The number of carbonyl (C=O) groups is 1. The van der Waals surface area contributed by atoms with Gasteiger partial charge in [0.15, 0.2) is 0 Å². The largest absolute Gasteiger partial charge is 0.461 e. The van der Waals surface area contributed by atoms with Gasteiger partial charge in [0.05, 0.1) is 12.1 Å². The van der Waals surface area contributed by atoms with Crippen LogP contribution in [0.25, 0.3) is 0 Å². The number of alkyl halides is 3. The van der Waals surface area contributed by atoms with Crippen LogP contribution in [0.15, 0.2) is 12.3 Å². The molecule has 0 aromatic carbocycles. The van der Waals surface area contributed by atoms with E-state index in [9.17, 15) is 18.0 Å². The number of aromatic nitrogens is 1. The van der Waals surface area contributed by atoms with Gasteiger partial charge in [-0.1, -0.05) is 0 Å². The van der Waals surface area contributed by atoms with Crippen molar-refractivity contribution >= 4 is 11.7 Å². The summed E-state index contributed by atoms with van der Waals surface area (Å²) in [6, 6.07) is 1.37. The zero-order chi connectivity index (χ0) is 13.1. The molecular weight excluding hydrogens is 237 g/mol. The first-order valence-corrected chi connectivity index (χ1v) is 5.03. The molecule has 0 fully saturated rings. The number of hydrogen-bond acceptors (Lipinski definition) is 3. The van der Waals surface area contributed by atoms with E-state index in [4.69, 9.17) is 5.73 Å². The molecule has 0 aliphatic carbocycles. The third-order valence-corrected chi connectivity index (χ3v) is 2.09. The zero-order valence-corrected chi connectivity index (χ0v) is 9.25. The second-order valence-electron chi connectivity index (χ2n) is 3.45. The van der Waals surface area contributed by atoms with Gasteiger partial charge in [0.1, 0.15) is 12.3 Å². The summed E-state index contributed by atoms with van der Waals surface area (Å²) in [5, 5.41) is 0. The Kier molecular flexibility index (Phi) is 4.03. The number of nitrogen functional groups attached to an aromatic ring is 1. The molecule has 1 aromatic rings. The van der Waals surface area contributed by atoms with E-state index in [2.05, 4.69) is 4.74 Å². The van der Waals surface area contributed by atoms with Crippen molar-refractivity contribution in [3.8, 4) is 0 Å². The summed E-state index contributed by atoms with van der Waals surface area (Å²) in [4.78, 5) is 11.5. The zero-order valence-electron chi connectivity index (χ0n) is 9.25. The Balaban J connectivity index is 2.58. The lowest BCUT2D eigenvalue weighted by atomic mass is 10.4. The second kappa shape index (κ2) is 5.11. The molecule has 7 heteroatoms. The Labute approximate surface area is 96.2 Å². The summed E-state index contributed by atoms with van der Waals surface area (Å²) < 4.78 is 41.6. The number of hydrogen-bond donors (Lipinski definition) is 1. The molecule has 2 N–H and O–H groups in total. The fourth-order valence-electron chi connectivity index (χ4n) is 1.30. The summed E-state index contributed by atoms with van der Waals surface area (Å²) in [5.41, 5.74) is 6.01. The third kappa shape index (κ3) is 4.01. The first-order valence-electron chi connectivity index (χ1n) is 5.03. The minimum atomic E-state index is -4.33. The Bertz CT molecular complexity index is 399. The molecule has 1 heterocycles. The van der Waals surface area contributed by atoms with E-state index in [0.29, 0.717) is 12.2 Å². The van der Waals surface area contributed by atoms with Gasteiger partial charge in [-0.2, -0.15) is 13.2 Å². The van der Waals surface area contributed by atoms with Crippen LogP contribution in [0, 0.1) is 0 Å². The van der Waals surface area contributed by atoms with Gasteiger partial charge in [-0.25, -0.2) is 4.79 Å². The van der Waals surface area contributed by atoms with E-state index >= 15 is 0 Å². The summed E-state index contributed by atoms with van der Waals surface area (Å²) in [7, 11) is 0. The third-order valence-electron chi connectivity index (χ3n) is 2.09. The maximum atomic E-state index is 11.8. The highest BCUT2D eigenvalue weighted by Crippen LogP contribution is 2.19. The van der Waals surface area contributed by atoms with Crippen LogP contribution in [-0.4, -0.2) is 23.3 Å². The van der Waals surface area contributed by atoms with Crippen LogP contribution in [0.5, 0.6) is 0 Å². The minimum Gasteiger partial charge on any atom is -0.461 e. The van der Waals surface area contributed by atoms with Gasteiger partial charge in [-0.15, -0.1) is 0 Å². The lowest BCUT2D eigenvalue weighted by Crippen LogP contribution is -2.16. The Morgan fingerprint density at radius 1 is 1.53 bits per heavy atom. The molecular formula is C10H13F3N2O2. The average Bonchev–Trinajstić information content (AvgIpc) is 2.57. The highest BCUT2D eigenvalue weighted by atomic mass is 19.4. The predicted molar refractivity (Wildman–Crippen MR) is 55.5 cm³/mol. The molecule has 0 amide bonds. The molecule has 96 valence electrons. The van der Waals surface area contributed by atoms with Crippen molar-refractivity contribution < 1.29 is 22.7 Å². The van der Waals surface area contributed by atoms with Crippen LogP contribution in [0.3, 0.4) is 0 Å². The summed E-state index contributed by atoms with van der Waals surface area (Å²) in [5.74, 6) is -0.798. The lowest BCUT2D eigenvalue weighted by Gasteiger charge is -2.08. The van der Waals surface area contributed by atoms with Crippen molar-refractivity contribution in [1.29, 1.82) is 0 Å². The Hall–Kier alpha value is -1.66. The maximum Gasteiger partial charge on any atom is 0.392 e. The first-order chi connectivity index (χ1) is 7.83. The fraction of sp³-hybridized carbons (Fsp3) is 0.500. The Morgan fingerprint density at radius 2 is 2.18 bits per heavy atom. The van der Waals surface area contributed by atoms with Gasteiger partial charge < -0.3 is 15.0 Å². The van der Waals surface area contributed by atoms with Gasteiger partial charge >= 0.3 is 12.1 Å². The number of nitrogens with two attached hydrogens (primary N) is 1. The quantitative estimate of drug-likeness (QED) is 0.833. The minimum absolute atomic E-state index is 0.159. The molecule has 0 unspecified atom stereocenters. The molecule has 17 heavy (non-hydrogen) atoms. The van der Waals surface area contributed by atoms with Crippen molar-refractivity contribution in [1.82, 2.24) is 4.57 Å². The average molecular weight is 250 g/mol. The van der Waals surface area contributed by atoms with E-state index < -0.39 is 25.2 Å². The van der Waals surface area contributed by atoms with Crippen molar-refractivity contribution in [3.63, 3.8) is 0 Å². The number of ether oxygens (including phenoxy) is 1. The number of halogens is 3. The van der Waals surface area contributed by atoms with Crippen LogP contribution < -0.4 is 5.73 Å². The molecule has 0 bridgehead atoms. The molecule has 1 rings (SSSR count). The summed E-state index contributed by atoms with van der Waals surface area (Å²) in [6.45, 7) is 1.59. The van der Waals surface area contributed by atoms with Crippen LogP contribution in [-0.2, 0) is 11.3 Å². The van der Waals surface area contributed by atoms with Crippen molar-refractivity contribution in [2.24, 2.45) is 0 Å². The standard InChI is InChI=1S/C10H13F3N2O2/c1-2-15-6-7(14)5-8(15)9(16)17-4-3-10(11,12)13/h5-6H,2-4,14H2,1H3. The molecule has 0 aliphatic rings. The number of nitrogens with zero attached hydrogens (tertiary/aromatic N) is 1. The van der Waals surface area contributed by atoms with Gasteiger partial charge in [0.2, 0.25) is 0 Å². The highest BCUT2D eigenvalue weighted by Gasteiger charge is 2.27. The number of esters is 1. The smallest absolute Gasteiger partial charge is 0.392 e. The maximum absolute atomic E-state index is 11.8. The molecule has 0 saturated carbocycles. The lowest BCUT2D eigenvalue weighted by molar-refractivity contribution is -0.141. The summed E-state index contributed by atoms with van der Waals surface area (Å²) in [6.07, 6.45) is -3.95. The van der Waals surface area contributed by atoms with E-state index in [0.717, 1.165) is 0 Å². The van der Waals surface area contributed by atoms with Crippen LogP contribution in [0.4, 0.5) is 18.9 Å². The van der Waals surface area contributed by atoms with E-state index in [1.54, 1.807) is 6.92 Å². The molecule has 4 nitrogen and oxygen atoms in total. The molecule has 0 saturated heterocycles. The number of anilines is 1. The molecule has 1 aromatic heterocycles. The van der Waals surface area contributed by atoms with Gasteiger partial charge in [-0.3, -0.25) is 0 Å². The highest BCUT2D eigenvalue weighted by molar-refractivity contribution is 5.89. The molecule has 0 spiro atoms. The van der Waals surface area contributed by atoms with Gasteiger partial charge in [0, 0.05) is 12.7 Å². The van der Waals surface area contributed by atoms with Gasteiger partial charge in [-0.05, 0) is 13.0 Å². The SMILES string of the molecule is CCn1cc(N)cc1C(=O)OCCC(F)(F)F. The van der Waals surface area contributed by atoms with E-state index in [1.165, 1.54) is 16.8 Å². The van der Waals surface area contributed by atoms with Crippen molar-refractivity contribution in [3.05, 3.63) is 18.0 Å². The van der Waals surface area contributed by atoms with Crippen LogP contribution in [0.2, 0.25) is 0 Å². The molecule has 0 radical (unpaired) electrons. The number of aryl methyl sites for hydroxylation is 1. The predicted octanol–water partition coefficient (Wildman–Crippen LogP) is 2.20. The first kappa shape index (κ1) is 13.4. The second-order valence-corrected chi connectivity index (χ2v) is 3.45. The number of rotatable bonds is 4. The fourth-order valence-corrected chi connectivity index (χ4v) is 1.30. The molecule has 0 atom stereocenters. The normalized spacial score (nSPS) is 11.5. The monoisotopic (exact) mass is 250 g/mol. The van der Waals surface area contributed by atoms with Crippen molar-refractivity contribution in [2.75, 3.05) is 12.3 Å². The van der Waals surface area contributed by atoms with Gasteiger partial charge in [0.25, 0.3) is 0 Å². The summed E-state index contributed by atoms with van der Waals surface area (Å²) >= 11 is 0. The Morgan fingerprint density at radius 3 is 2.71 bits per heavy atom. The topological polar surface area (TPSA) is 57.2 Å². The van der Waals surface area contributed by atoms with E-state index in [1.807, 2.05) is 0 Å². The van der Waals surface area contributed by atoms with Crippen LogP contribution >= 0.6 is 0 Å². The van der Waals surface area contributed by atoms with E-state index in [-0.39, 0.29) is 5.69 Å².